The number of carbonyl (C=O) groups is 2. The van der Waals surface area contributed by atoms with E-state index in [1.807, 2.05) is 0 Å². The van der Waals surface area contributed by atoms with Crippen molar-refractivity contribution in [2.45, 2.75) is 24.7 Å². The topological polar surface area (TPSA) is 67.4 Å². The first kappa shape index (κ1) is 18.3. The molecule has 7 heteroatoms. The maximum absolute atomic E-state index is 12.7. The van der Waals surface area contributed by atoms with Crippen LogP contribution in [0, 0.1) is 5.82 Å². The van der Waals surface area contributed by atoms with E-state index in [0.717, 1.165) is 17.1 Å². The van der Waals surface area contributed by atoms with Crippen LogP contribution in [0.4, 0.5) is 9.18 Å². The standard InChI is InChI=1S/C15H21FN2O3S/c1-2-21-15(20)18-10-8-14(19)17-9-3-11-22-13-6-4-12(16)5-7-13/h4-7H,2-3,8-11H2,1H3,(H,17,19)(H,18,20). The summed E-state index contributed by atoms with van der Waals surface area (Å²) < 4.78 is 17.4. The average Bonchev–Trinajstić information content (AvgIpc) is 2.49. The number of thioether (sulfide) groups is 1. The second kappa shape index (κ2) is 10.9. The summed E-state index contributed by atoms with van der Waals surface area (Å²) in [7, 11) is 0. The monoisotopic (exact) mass is 328 g/mol. The molecular formula is C15H21FN2O3S. The molecule has 122 valence electrons. The third-order valence-electron chi connectivity index (χ3n) is 2.62. The van der Waals surface area contributed by atoms with E-state index in [-0.39, 0.29) is 24.7 Å². The van der Waals surface area contributed by atoms with Crippen molar-refractivity contribution in [3.05, 3.63) is 30.1 Å². The normalized spacial score (nSPS) is 10.1. The molecule has 1 aromatic carbocycles. The van der Waals surface area contributed by atoms with Gasteiger partial charge in [-0.3, -0.25) is 4.79 Å². The summed E-state index contributed by atoms with van der Waals surface area (Å²) in [6.45, 7) is 2.86. The molecule has 2 N–H and O–H groups in total. The van der Waals surface area contributed by atoms with Crippen LogP contribution in [0.1, 0.15) is 19.8 Å². The molecular weight excluding hydrogens is 307 g/mol. The van der Waals surface area contributed by atoms with Crippen molar-refractivity contribution in [3.8, 4) is 0 Å². The molecule has 5 nitrogen and oxygen atoms in total. The zero-order chi connectivity index (χ0) is 16.2. The van der Waals surface area contributed by atoms with Gasteiger partial charge < -0.3 is 15.4 Å². The third-order valence-corrected chi connectivity index (χ3v) is 3.72. The molecule has 0 saturated carbocycles. The Bertz CT molecular complexity index is 468. The second-order valence-electron chi connectivity index (χ2n) is 4.40. The molecule has 22 heavy (non-hydrogen) atoms. The maximum atomic E-state index is 12.7. The van der Waals surface area contributed by atoms with E-state index in [1.165, 1.54) is 12.1 Å². The van der Waals surface area contributed by atoms with Gasteiger partial charge in [-0.05, 0) is 43.4 Å². The lowest BCUT2D eigenvalue weighted by atomic mass is 10.3. The summed E-state index contributed by atoms with van der Waals surface area (Å²) in [4.78, 5) is 23.5. The van der Waals surface area contributed by atoms with Crippen molar-refractivity contribution in [1.29, 1.82) is 0 Å². The summed E-state index contributed by atoms with van der Waals surface area (Å²) >= 11 is 1.62. The average molecular weight is 328 g/mol. The summed E-state index contributed by atoms with van der Waals surface area (Å²) in [5.41, 5.74) is 0. The van der Waals surface area contributed by atoms with Crippen LogP contribution >= 0.6 is 11.8 Å². The van der Waals surface area contributed by atoms with Gasteiger partial charge >= 0.3 is 6.09 Å². The number of hydrogen-bond acceptors (Lipinski definition) is 4. The van der Waals surface area contributed by atoms with Crippen molar-refractivity contribution < 1.29 is 18.7 Å². The number of hydrogen-bond donors (Lipinski definition) is 2. The van der Waals surface area contributed by atoms with Crippen molar-refractivity contribution in [2.24, 2.45) is 0 Å². The van der Waals surface area contributed by atoms with Gasteiger partial charge in [0.1, 0.15) is 5.82 Å². The Kier molecular flexibility index (Phi) is 9.06. The minimum atomic E-state index is -0.508. The fourth-order valence-electron chi connectivity index (χ4n) is 1.57. The lowest BCUT2D eigenvalue weighted by Crippen LogP contribution is -2.31. The van der Waals surface area contributed by atoms with Crippen molar-refractivity contribution in [2.75, 3.05) is 25.4 Å². The van der Waals surface area contributed by atoms with E-state index in [1.54, 1.807) is 30.8 Å². The van der Waals surface area contributed by atoms with Crippen LogP contribution in [0.5, 0.6) is 0 Å². The number of halogens is 1. The van der Waals surface area contributed by atoms with Crippen molar-refractivity contribution >= 4 is 23.8 Å². The minimum absolute atomic E-state index is 0.108. The Hall–Kier alpha value is -1.76. The molecule has 0 aliphatic rings. The van der Waals surface area contributed by atoms with Gasteiger partial charge in [0.2, 0.25) is 5.91 Å². The molecule has 2 amide bonds. The number of ether oxygens (including phenoxy) is 1. The van der Waals surface area contributed by atoms with Gasteiger partial charge in [0.15, 0.2) is 0 Å². The highest BCUT2D eigenvalue weighted by molar-refractivity contribution is 7.99. The Morgan fingerprint density at radius 1 is 1.18 bits per heavy atom. The van der Waals surface area contributed by atoms with Crippen molar-refractivity contribution in [3.63, 3.8) is 0 Å². The molecule has 0 aromatic heterocycles. The first-order chi connectivity index (χ1) is 10.6. The Morgan fingerprint density at radius 3 is 2.59 bits per heavy atom. The maximum Gasteiger partial charge on any atom is 0.407 e. The van der Waals surface area contributed by atoms with Crippen LogP contribution in [0.3, 0.4) is 0 Å². The van der Waals surface area contributed by atoms with Crippen LogP contribution in [0.15, 0.2) is 29.2 Å². The fraction of sp³-hybridized carbons (Fsp3) is 0.467. The highest BCUT2D eigenvalue weighted by Crippen LogP contribution is 2.18. The SMILES string of the molecule is CCOC(=O)NCCC(=O)NCCCSc1ccc(F)cc1. The van der Waals surface area contributed by atoms with Gasteiger partial charge in [-0.1, -0.05) is 0 Å². The molecule has 0 bridgehead atoms. The molecule has 1 aromatic rings. The molecule has 0 unspecified atom stereocenters. The Morgan fingerprint density at radius 2 is 1.91 bits per heavy atom. The molecule has 0 aliphatic carbocycles. The predicted octanol–water partition coefficient (Wildman–Crippen LogP) is 2.56. The van der Waals surface area contributed by atoms with Gasteiger partial charge in [-0.2, -0.15) is 0 Å². The van der Waals surface area contributed by atoms with Crippen LogP contribution in [-0.4, -0.2) is 37.4 Å². The first-order valence-corrected chi connectivity index (χ1v) is 8.16. The number of amides is 2. The van der Waals surface area contributed by atoms with E-state index in [4.69, 9.17) is 0 Å². The van der Waals surface area contributed by atoms with Crippen LogP contribution in [-0.2, 0) is 9.53 Å². The number of carbonyl (C=O) groups excluding carboxylic acids is 2. The van der Waals surface area contributed by atoms with Gasteiger partial charge in [0.05, 0.1) is 6.61 Å². The van der Waals surface area contributed by atoms with E-state index in [0.29, 0.717) is 13.2 Å². The fourth-order valence-corrected chi connectivity index (χ4v) is 2.42. The minimum Gasteiger partial charge on any atom is -0.450 e. The predicted molar refractivity (Wildman–Crippen MR) is 84.4 cm³/mol. The zero-order valence-corrected chi connectivity index (χ0v) is 13.4. The smallest absolute Gasteiger partial charge is 0.407 e. The van der Waals surface area contributed by atoms with Gasteiger partial charge in [0, 0.05) is 24.4 Å². The number of benzene rings is 1. The summed E-state index contributed by atoms with van der Waals surface area (Å²) in [6, 6.07) is 6.33. The summed E-state index contributed by atoms with van der Waals surface area (Å²) in [5.74, 6) is 0.490. The Balaban J connectivity index is 2.00. The van der Waals surface area contributed by atoms with Gasteiger partial charge in [-0.15, -0.1) is 11.8 Å². The van der Waals surface area contributed by atoms with Gasteiger partial charge in [-0.25, -0.2) is 9.18 Å². The Labute approximate surface area is 134 Å². The lowest BCUT2D eigenvalue weighted by Gasteiger charge is -2.06. The van der Waals surface area contributed by atoms with Crippen LogP contribution in [0.25, 0.3) is 0 Å². The molecule has 0 aliphatic heterocycles. The van der Waals surface area contributed by atoms with Crippen LogP contribution in [0.2, 0.25) is 0 Å². The second-order valence-corrected chi connectivity index (χ2v) is 5.57. The van der Waals surface area contributed by atoms with E-state index in [2.05, 4.69) is 15.4 Å². The third kappa shape index (κ3) is 8.51. The van der Waals surface area contributed by atoms with E-state index in [9.17, 15) is 14.0 Å². The van der Waals surface area contributed by atoms with E-state index >= 15 is 0 Å². The molecule has 0 fully saturated rings. The number of nitrogens with one attached hydrogen (secondary N) is 2. The van der Waals surface area contributed by atoms with Crippen molar-refractivity contribution in [1.82, 2.24) is 10.6 Å². The zero-order valence-electron chi connectivity index (χ0n) is 12.6. The molecule has 0 heterocycles. The number of rotatable bonds is 9. The first-order valence-electron chi connectivity index (χ1n) is 7.17. The number of alkyl carbamates (subject to hydrolysis) is 1. The molecule has 1 rings (SSSR count). The quantitative estimate of drug-likeness (QED) is 0.540. The summed E-state index contributed by atoms with van der Waals surface area (Å²) in [6.07, 6.45) is 0.536. The highest BCUT2D eigenvalue weighted by atomic mass is 32.2. The highest BCUT2D eigenvalue weighted by Gasteiger charge is 2.03. The van der Waals surface area contributed by atoms with Gasteiger partial charge in [0.25, 0.3) is 0 Å². The van der Waals surface area contributed by atoms with E-state index < -0.39 is 6.09 Å². The largest absolute Gasteiger partial charge is 0.450 e. The van der Waals surface area contributed by atoms with Crippen LogP contribution < -0.4 is 10.6 Å². The molecule has 0 spiro atoms. The molecule has 0 atom stereocenters. The lowest BCUT2D eigenvalue weighted by molar-refractivity contribution is -0.120. The summed E-state index contributed by atoms with van der Waals surface area (Å²) in [5, 5.41) is 5.26. The molecule has 0 radical (unpaired) electrons. The molecule has 0 saturated heterocycles.